The lowest BCUT2D eigenvalue weighted by molar-refractivity contribution is -0.134. The highest BCUT2D eigenvalue weighted by molar-refractivity contribution is 5.77. The number of rotatable bonds is 6. The van der Waals surface area contributed by atoms with Gasteiger partial charge >= 0.3 is 5.97 Å². The summed E-state index contributed by atoms with van der Waals surface area (Å²) >= 11 is 0. The lowest BCUT2D eigenvalue weighted by Crippen LogP contribution is -2.35. The van der Waals surface area contributed by atoms with E-state index in [0.29, 0.717) is 18.1 Å². The number of carbonyl (C=O) groups excluding carboxylic acids is 1. The number of para-hydroxylation sites is 1. The summed E-state index contributed by atoms with van der Waals surface area (Å²) in [7, 11) is 0. The van der Waals surface area contributed by atoms with Crippen LogP contribution in [0.5, 0.6) is 5.75 Å². The Hall–Kier alpha value is -2.39. The number of ether oxygens (including phenoxy) is 1. The average molecular weight is 361 g/mol. The summed E-state index contributed by atoms with van der Waals surface area (Å²) in [6.45, 7) is 5.58. The maximum atomic E-state index is 11.9. The van der Waals surface area contributed by atoms with E-state index in [4.69, 9.17) is 4.74 Å². The molecular weight excluding hydrogens is 334 g/mol. The molecular formula is C24H27NO2. The molecule has 0 N–H and O–H groups in total. The Balaban J connectivity index is 1.23. The molecule has 0 saturated carbocycles. The number of likely N-dealkylation sites (tertiary alicyclic amines) is 1. The predicted octanol–water partition coefficient (Wildman–Crippen LogP) is 5.04. The van der Waals surface area contributed by atoms with Crippen molar-refractivity contribution in [3.05, 3.63) is 71.3 Å². The van der Waals surface area contributed by atoms with Gasteiger partial charge in [-0.1, -0.05) is 48.0 Å². The van der Waals surface area contributed by atoms with Crippen LogP contribution in [0.15, 0.2) is 60.2 Å². The SMILES string of the molecule is CC1=C2CCN(CCCCC(=O)Oc3ccccc3)CC2c2ccccc21. The summed E-state index contributed by atoms with van der Waals surface area (Å²) < 4.78 is 5.36. The van der Waals surface area contributed by atoms with Crippen LogP contribution in [0.4, 0.5) is 0 Å². The number of unbranched alkanes of at least 4 members (excludes halogenated alkanes) is 1. The first kappa shape index (κ1) is 18.0. The molecule has 2 aromatic carbocycles. The molecule has 0 radical (unpaired) electrons. The van der Waals surface area contributed by atoms with Crippen molar-refractivity contribution in [2.24, 2.45) is 0 Å². The number of nitrogens with zero attached hydrogens (tertiary/aromatic N) is 1. The van der Waals surface area contributed by atoms with Crippen LogP contribution < -0.4 is 4.74 Å². The van der Waals surface area contributed by atoms with Crippen molar-refractivity contribution < 1.29 is 9.53 Å². The molecule has 3 heteroatoms. The number of hydrogen-bond donors (Lipinski definition) is 0. The van der Waals surface area contributed by atoms with E-state index < -0.39 is 0 Å². The van der Waals surface area contributed by atoms with E-state index in [2.05, 4.69) is 36.1 Å². The number of fused-ring (bicyclic) bond motifs is 3. The molecule has 2 aliphatic rings. The smallest absolute Gasteiger partial charge is 0.311 e. The van der Waals surface area contributed by atoms with Gasteiger partial charge in [-0.25, -0.2) is 0 Å². The Bertz CT molecular complexity index is 840. The molecule has 0 aromatic heterocycles. The van der Waals surface area contributed by atoms with Gasteiger partial charge in [0.05, 0.1) is 0 Å². The molecule has 140 valence electrons. The van der Waals surface area contributed by atoms with E-state index in [1.54, 1.807) is 5.57 Å². The highest BCUT2D eigenvalue weighted by atomic mass is 16.5. The Labute approximate surface area is 161 Å². The van der Waals surface area contributed by atoms with E-state index in [9.17, 15) is 4.79 Å². The quantitative estimate of drug-likeness (QED) is 0.410. The van der Waals surface area contributed by atoms with E-state index in [-0.39, 0.29) is 5.97 Å². The van der Waals surface area contributed by atoms with Gasteiger partial charge in [0.25, 0.3) is 0 Å². The van der Waals surface area contributed by atoms with Crippen molar-refractivity contribution in [2.75, 3.05) is 19.6 Å². The Morgan fingerprint density at radius 1 is 1.07 bits per heavy atom. The monoisotopic (exact) mass is 361 g/mol. The third kappa shape index (κ3) is 3.98. The standard InChI is InChI=1S/C24H27NO2/c1-18-20-11-5-6-12-22(20)23-17-25(16-14-21(18)23)15-8-7-13-24(26)27-19-9-3-2-4-10-19/h2-6,9-12,23H,7-8,13-17H2,1H3. The van der Waals surface area contributed by atoms with Crippen LogP contribution in [0.1, 0.15) is 49.7 Å². The van der Waals surface area contributed by atoms with Crippen molar-refractivity contribution >= 4 is 11.5 Å². The zero-order valence-corrected chi connectivity index (χ0v) is 16.0. The molecule has 0 spiro atoms. The van der Waals surface area contributed by atoms with Crippen LogP contribution in [0.25, 0.3) is 5.57 Å². The lowest BCUT2D eigenvalue weighted by Gasteiger charge is -2.33. The number of allylic oxidation sites excluding steroid dienone is 1. The molecule has 1 saturated heterocycles. The third-order valence-corrected chi connectivity index (χ3v) is 5.86. The van der Waals surface area contributed by atoms with Crippen LogP contribution in [0, 0.1) is 0 Å². The van der Waals surface area contributed by atoms with Crippen molar-refractivity contribution in [3.8, 4) is 5.75 Å². The van der Waals surface area contributed by atoms with E-state index in [1.807, 2.05) is 30.3 Å². The summed E-state index contributed by atoms with van der Waals surface area (Å²) in [5, 5.41) is 0. The number of benzene rings is 2. The van der Waals surface area contributed by atoms with Gasteiger partial charge in [0.1, 0.15) is 5.75 Å². The number of hydrogen-bond acceptors (Lipinski definition) is 3. The predicted molar refractivity (Wildman–Crippen MR) is 109 cm³/mol. The van der Waals surface area contributed by atoms with Crippen molar-refractivity contribution in [2.45, 2.75) is 38.5 Å². The van der Waals surface area contributed by atoms with Crippen LogP contribution in [0.2, 0.25) is 0 Å². The zero-order valence-electron chi connectivity index (χ0n) is 16.0. The number of carbonyl (C=O) groups is 1. The zero-order chi connectivity index (χ0) is 18.6. The average Bonchev–Trinajstić information content (AvgIpc) is 2.98. The van der Waals surface area contributed by atoms with Gasteiger partial charge in [-0.05, 0) is 61.6 Å². The highest BCUT2D eigenvalue weighted by Gasteiger charge is 2.33. The second-order valence-corrected chi connectivity index (χ2v) is 7.58. The molecule has 1 unspecified atom stereocenters. The Morgan fingerprint density at radius 2 is 1.85 bits per heavy atom. The summed E-state index contributed by atoms with van der Waals surface area (Å²) in [6, 6.07) is 18.2. The van der Waals surface area contributed by atoms with E-state index in [1.165, 1.54) is 23.1 Å². The van der Waals surface area contributed by atoms with Crippen molar-refractivity contribution in [3.63, 3.8) is 0 Å². The highest BCUT2D eigenvalue weighted by Crippen LogP contribution is 2.45. The van der Waals surface area contributed by atoms with Gasteiger partial charge in [0.2, 0.25) is 0 Å². The van der Waals surface area contributed by atoms with Gasteiger partial charge in [-0.2, -0.15) is 0 Å². The molecule has 1 atom stereocenters. The first-order chi connectivity index (χ1) is 13.2. The summed E-state index contributed by atoms with van der Waals surface area (Å²) in [5.41, 5.74) is 6.09. The summed E-state index contributed by atoms with van der Waals surface area (Å²) in [5.74, 6) is 1.07. The minimum atomic E-state index is -0.134. The maximum Gasteiger partial charge on any atom is 0.311 e. The van der Waals surface area contributed by atoms with E-state index in [0.717, 1.165) is 32.5 Å². The second kappa shape index (κ2) is 8.10. The fraction of sp³-hybridized carbons (Fsp3) is 0.375. The first-order valence-corrected chi connectivity index (χ1v) is 9.99. The van der Waals surface area contributed by atoms with Gasteiger partial charge in [0.15, 0.2) is 0 Å². The van der Waals surface area contributed by atoms with Gasteiger partial charge < -0.3 is 9.64 Å². The fourth-order valence-electron chi connectivity index (χ4n) is 4.44. The molecule has 0 bridgehead atoms. The lowest BCUT2D eigenvalue weighted by atomic mass is 9.89. The maximum absolute atomic E-state index is 11.9. The molecule has 3 nitrogen and oxygen atoms in total. The van der Waals surface area contributed by atoms with Gasteiger partial charge in [-0.3, -0.25) is 4.79 Å². The normalized spacial score (nSPS) is 18.9. The Morgan fingerprint density at radius 3 is 2.70 bits per heavy atom. The van der Waals surface area contributed by atoms with Gasteiger partial charge in [-0.15, -0.1) is 0 Å². The number of piperidine rings is 1. The summed E-state index contributed by atoms with van der Waals surface area (Å²) in [6.07, 6.45) is 3.57. The first-order valence-electron chi connectivity index (χ1n) is 9.99. The number of esters is 1. The van der Waals surface area contributed by atoms with Crippen molar-refractivity contribution in [1.82, 2.24) is 4.90 Å². The van der Waals surface area contributed by atoms with Crippen LogP contribution >= 0.6 is 0 Å². The molecule has 0 amide bonds. The molecule has 4 rings (SSSR count). The van der Waals surface area contributed by atoms with Gasteiger partial charge in [0, 0.05) is 25.4 Å². The molecule has 1 aliphatic heterocycles. The largest absolute Gasteiger partial charge is 0.427 e. The summed E-state index contributed by atoms with van der Waals surface area (Å²) in [4.78, 5) is 14.5. The van der Waals surface area contributed by atoms with Crippen molar-refractivity contribution in [1.29, 1.82) is 0 Å². The van der Waals surface area contributed by atoms with Crippen LogP contribution in [-0.2, 0) is 4.79 Å². The van der Waals surface area contributed by atoms with E-state index >= 15 is 0 Å². The van der Waals surface area contributed by atoms with Crippen LogP contribution in [0.3, 0.4) is 0 Å². The minimum absolute atomic E-state index is 0.134. The molecule has 1 fully saturated rings. The fourth-order valence-corrected chi connectivity index (χ4v) is 4.44. The topological polar surface area (TPSA) is 29.5 Å². The molecule has 2 aromatic rings. The molecule has 27 heavy (non-hydrogen) atoms. The Kier molecular flexibility index (Phi) is 5.40. The third-order valence-electron chi connectivity index (χ3n) is 5.86. The molecule has 1 aliphatic carbocycles. The molecule has 1 heterocycles. The van der Waals surface area contributed by atoms with Crippen LogP contribution in [-0.4, -0.2) is 30.5 Å². The second-order valence-electron chi connectivity index (χ2n) is 7.58. The minimum Gasteiger partial charge on any atom is -0.427 e.